The summed E-state index contributed by atoms with van der Waals surface area (Å²) in [5.41, 5.74) is 1.07. The third-order valence-electron chi connectivity index (χ3n) is 2.58. The van der Waals surface area contributed by atoms with Crippen LogP contribution in [-0.4, -0.2) is 22.9 Å². The van der Waals surface area contributed by atoms with Gasteiger partial charge >= 0.3 is 0 Å². The van der Waals surface area contributed by atoms with E-state index in [2.05, 4.69) is 10.4 Å². The van der Waals surface area contributed by atoms with Crippen molar-refractivity contribution in [2.45, 2.75) is 13.0 Å². The van der Waals surface area contributed by atoms with Crippen LogP contribution in [0.5, 0.6) is 5.75 Å². The zero-order valence-corrected chi connectivity index (χ0v) is 10.7. The molecule has 0 bridgehead atoms. The molecule has 0 saturated heterocycles. The number of hydrogen-bond donors (Lipinski definition) is 1. The average molecular weight is 245 g/mol. The maximum absolute atomic E-state index is 5.60. The number of ether oxygens (including phenoxy) is 1. The van der Waals surface area contributed by atoms with Gasteiger partial charge in [0.1, 0.15) is 5.75 Å². The van der Waals surface area contributed by atoms with Crippen molar-refractivity contribution in [3.8, 4) is 5.75 Å². The summed E-state index contributed by atoms with van der Waals surface area (Å²) < 4.78 is 7.42. The minimum Gasteiger partial charge on any atom is -0.494 e. The minimum atomic E-state index is 0.735. The second kappa shape index (κ2) is 6.81. The summed E-state index contributed by atoms with van der Waals surface area (Å²) >= 11 is 0. The normalized spacial score (nSPS) is 10.5. The molecule has 1 heterocycles. The van der Waals surface area contributed by atoms with E-state index in [0.717, 1.165) is 37.6 Å². The first-order valence-electron chi connectivity index (χ1n) is 6.22. The molecule has 0 aliphatic carbocycles. The lowest BCUT2D eigenvalue weighted by molar-refractivity contribution is 0.308. The van der Waals surface area contributed by atoms with Crippen molar-refractivity contribution in [2.75, 3.05) is 13.2 Å². The Hall–Kier alpha value is -1.81. The predicted molar refractivity (Wildman–Crippen MR) is 71.5 cm³/mol. The highest BCUT2D eigenvalue weighted by molar-refractivity contribution is 5.20. The van der Waals surface area contributed by atoms with E-state index in [1.165, 1.54) is 0 Å². The summed E-state index contributed by atoms with van der Waals surface area (Å²) in [6.45, 7) is 2.48. The molecule has 0 atom stereocenters. The number of rotatable bonds is 7. The zero-order chi connectivity index (χ0) is 12.6. The molecule has 18 heavy (non-hydrogen) atoms. The molecule has 1 N–H and O–H groups in total. The van der Waals surface area contributed by atoms with Crippen LogP contribution < -0.4 is 10.1 Å². The first-order valence-corrected chi connectivity index (χ1v) is 6.22. The van der Waals surface area contributed by atoms with Gasteiger partial charge in [-0.05, 0) is 31.2 Å². The highest BCUT2D eigenvalue weighted by atomic mass is 16.5. The van der Waals surface area contributed by atoms with Crippen molar-refractivity contribution in [2.24, 2.45) is 7.05 Å². The Bertz CT molecular complexity index is 453. The van der Waals surface area contributed by atoms with Gasteiger partial charge in [0.15, 0.2) is 0 Å². The number of aryl methyl sites for hydroxylation is 1. The van der Waals surface area contributed by atoms with Crippen LogP contribution in [0.1, 0.15) is 12.1 Å². The fourth-order valence-corrected chi connectivity index (χ4v) is 1.68. The molecule has 1 aromatic heterocycles. The number of aromatic nitrogens is 2. The quantitative estimate of drug-likeness (QED) is 0.758. The van der Waals surface area contributed by atoms with Crippen LogP contribution >= 0.6 is 0 Å². The molecule has 2 aromatic rings. The molecule has 0 aliphatic rings. The van der Waals surface area contributed by atoms with Crippen LogP contribution in [0, 0.1) is 0 Å². The lowest BCUT2D eigenvalue weighted by Gasteiger charge is -2.06. The molecular formula is C14H19N3O. The molecule has 0 amide bonds. The van der Waals surface area contributed by atoms with Crippen LogP contribution in [0.25, 0.3) is 0 Å². The number of hydrogen-bond acceptors (Lipinski definition) is 3. The monoisotopic (exact) mass is 245 g/mol. The third kappa shape index (κ3) is 4.22. The van der Waals surface area contributed by atoms with Gasteiger partial charge in [0.25, 0.3) is 0 Å². The maximum Gasteiger partial charge on any atom is 0.119 e. The standard InChI is InChI=1S/C14H19N3O/c1-17-10-8-13(16-17)12-15-9-5-11-18-14-6-3-2-4-7-14/h2-4,6-8,10,15H,5,9,11-12H2,1H3. The molecule has 0 spiro atoms. The summed E-state index contributed by atoms with van der Waals surface area (Å²) in [6, 6.07) is 11.9. The highest BCUT2D eigenvalue weighted by Crippen LogP contribution is 2.08. The number of para-hydroxylation sites is 1. The first-order chi connectivity index (χ1) is 8.84. The number of nitrogens with zero attached hydrogens (tertiary/aromatic N) is 2. The van der Waals surface area contributed by atoms with Gasteiger partial charge in [0.05, 0.1) is 12.3 Å². The van der Waals surface area contributed by atoms with Crippen LogP contribution in [0.2, 0.25) is 0 Å². The van der Waals surface area contributed by atoms with E-state index < -0.39 is 0 Å². The van der Waals surface area contributed by atoms with Gasteiger partial charge < -0.3 is 10.1 Å². The van der Waals surface area contributed by atoms with Crippen molar-refractivity contribution < 1.29 is 4.74 Å². The molecule has 2 rings (SSSR count). The van der Waals surface area contributed by atoms with Gasteiger partial charge in [-0.1, -0.05) is 18.2 Å². The van der Waals surface area contributed by atoms with Crippen molar-refractivity contribution in [1.82, 2.24) is 15.1 Å². The number of benzene rings is 1. The summed E-state index contributed by atoms with van der Waals surface area (Å²) in [6.07, 6.45) is 2.94. The van der Waals surface area contributed by atoms with E-state index in [9.17, 15) is 0 Å². The van der Waals surface area contributed by atoms with E-state index >= 15 is 0 Å². The summed E-state index contributed by atoms with van der Waals surface area (Å²) in [4.78, 5) is 0. The van der Waals surface area contributed by atoms with Gasteiger partial charge in [0.2, 0.25) is 0 Å². The Kier molecular flexibility index (Phi) is 4.78. The average Bonchev–Trinajstić information content (AvgIpc) is 2.81. The summed E-state index contributed by atoms with van der Waals surface area (Å²) in [5.74, 6) is 0.933. The van der Waals surface area contributed by atoms with E-state index in [1.54, 1.807) is 0 Å². The predicted octanol–water partition coefficient (Wildman–Crippen LogP) is 1.98. The van der Waals surface area contributed by atoms with Crippen LogP contribution in [0.3, 0.4) is 0 Å². The summed E-state index contributed by atoms with van der Waals surface area (Å²) in [5, 5.41) is 7.64. The van der Waals surface area contributed by atoms with Crippen LogP contribution in [0.4, 0.5) is 0 Å². The Morgan fingerprint density at radius 3 is 2.78 bits per heavy atom. The Labute approximate surface area is 108 Å². The first kappa shape index (κ1) is 12.6. The van der Waals surface area contributed by atoms with E-state index in [0.29, 0.717) is 0 Å². The Balaban J connectivity index is 1.54. The molecule has 4 heteroatoms. The fourth-order valence-electron chi connectivity index (χ4n) is 1.68. The fraction of sp³-hybridized carbons (Fsp3) is 0.357. The van der Waals surface area contributed by atoms with Crippen LogP contribution in [-0.2, 0) is 13.6 Å². The minimum absolute atomic E-state index is 0.735. The van der Waals surface area contributed by atoms with Crippen LogP contribution in [0.15, 0.2) is 42.6 Å². The third-order valence-corrected chi connectivity index (χ3v) is 2.58. The molecule has 0 unspecified atom stereocenters. The van der Waals surface area contributed by atoms with Gasteiger partial charge in [-0.25, -0.2) is 0 Å². The Morgan fingerprint density at radius 2 is 2.06 bits per heavy atom. The molecule has 0 aliphatic heterocycles. The second-order valence-corrected chi connectivity index (χ2v) is 4.17. The van der Waals surface area contributed by atoms with E-state index in [1.807, 2.05) is 54.3 Å². The molecule has 4 nitrogen and oxygen atoms in total. The van der Waals surface area contributed by atoms with Gasteiger partial charge in [-0.3, -0.25) is 4.68 Å². The molecular weight excluding hydrogens is 226 g/mol. The van der Waals surface area contributed by atoms with E-state index in [-0.39, 0.29) is 0 Å². The van der Waals surface area contributed by atoms with Crippen molar-refractivity contribution in [3.05, 3.63) is 48.3 Å². The largest absolute Gasteiger partial charge is 0.494 e. The van der Waals surface area contributed by atoms with Gasteiger partial charge in [-0.15, -0.1) is 0 Å². The van der Waals surface area contributed by atoms with Gasteiger partial charge in [0, 0.05) is 19.8 Å². The highest BCUT2D eigenvalue weighted by Gasteiger charge is 1.96. The van der Waals surface area contributed by atoms with Crippen molar-refractivity contribution in [1.29, 1.82) is 0 Å². The summed E-state index contributed by atoms with van der Waals surface area (Å²) in [7, 11) is 1.93. The molecule has 0 saturated carbocycles. The smallest absolute Gasteiger partial charge is 0.119 e. The Morgan fingerprint density at radius 1 is 1.22 bits per heavy atom. The molecule has 0 radical (unpaired) electrons. The second-order valence-electron chi connectivity index (χ2n) is 4.17. The lowest BCUT2D eigenvalue weighted by atomic mass is 10.3. The lowest BCUT2D eigenvalue weighted by Crippen LogP contribution is -2.17. The molecule has 1 aromatic carbocycles. The zero-order valence-electron chi connectivity index (χ0n) is 10.7. The van der Waals surface area contributed by atoms with Gasteiger partial charge in [-0.2, -0.15) is 5.10 Å². The van der Waals surface area contributed by atoms with E-state index in [4.69, 9.17) is 4.74 Å². The SMILES string of the molecule is Cn1ccc(CNCCCOc2ccccc2)n1. The molecule has 96 valence electrons. The topological polar surface area (TPSA) is 39.1 Å². The maximum atomic E-state index is 5.60. The van der Waals surface area contributed by atoms with Crippen molar-refractivity contribution in [3.63, 3.8) is 0 Å². The number of nitrogens with one attached hydrogen (secondary N) is 1. The molecule has 0 fully saturated rings. The van der Waals surface area contributed by atoms with Crippen molar-refractivity contribution >= 4 is 0 Å².